The van der Waals surface area contributed by atoms with Crippen molar-refractivity contribution in [3.05, 3.63) is 0 Å². The maximum Gasteiger partial charge on any atom is 0.0169 e. The van der Waals surface area contributed by atoms with E-state index in [0.29, 0.717) is 6.04 Å². The standard InChI is InChI=1S/C17H35N3/c1-3-10-19-13-7-8-17(9-14-19)18-16(2)15-20-11-5-4-6-12-20/h16-18H,3-15H2,1-2H3. The summed E-state index contributed by atoms with van der Waals surface area (Å²) in [6.45, 7) is 12.5. The smallest absolute Gasteiger partial charge is 0.0169 e. The highest BCUT2D eigenvalue weighted by atomic mass is 15.2. The molecule has 0 aromatic rings. The van der Waals surface area contributed by atoms with E-state index in [-0.39, 0.29) is 0 Å². The maximum absolute atomic E-state index is 3.90. The lowest BCUT2D eigenvalue weighted by molar-refractivity contribution is 0.202. The van der Waals surface area contributed by atoms with Gasteiger partial charge in [-0.1, -0.05) is 13.3 Å². The van der Waals surface area contributed by atoms with E-state index in [1.54, 1.807) is 0 Å². The largest absolute Gasteiger partial charge is 0.310 e. The first kappa shape index (κ1) is 16.3. The summed E-state index contributed by atoms with van der Waals surface area (Å²) in [5.74, 6) is 0. The Bertz CT molecular complexity index is 251. The average molecular weight is 281 g/mol. The van der Waals surface area contributed by atoms with Crippen LogP contribution in [0.15, 0.2) is 0 Å². The molecular weight excluding hydrogens is 246 g/mol. The molecule has 0 spiro atoms. The van der Waals surface area contributed by atoms with Gasteiger partial charge in [-0.3, -0.25) is 0 Å². The SMILES string of the molecule is CCCN1CCCC(NC(C)CN2CCCCC2)CC1. The second-order valence-corrected chi connectivity index (χ2v) is 6.90. The van der Waals surface area contributed by atoms with Crippen molar-refractivity contribution in [1.82, 2.24) is 15.1 Å². The molecule has 2 fully saturated rings. The van der Waals surface area contributed by atoms with Gasteiger partial charge in [-0.2, -0.15) is 0 Å². The van der Waals surface area contributed by atoms with E-state index in [4.69, 9.17) is 0 Å². The van der Waals surface area contributed by atoms with Crippen molar-refractivity contribution < 1.29 is 0 Å². The van der Waals surface area contributed by atoms with Crippen molar-refractivity contribution in [2.24, 2.45) is 0 Å². The van der Waals surface area contributed by atoms with Crippen molar-refractivity contribution in [3.8, 4) is 0 Å². The van der Waals surface area contributed by atoms with Gasteiger partial charge in [-0.15, -0.1) is 0 Å². The van der Waals surface area contributed by atoms with Crippen LogP contribution in [0, 0.1) is 0 Å². The average Bonchev–Trinajstić information content (AvgIpc) is 2.66. The van der Waals surface area contributed by atoms with Gasteiger partial charge in [0.25, 0.3) is 0 Å². The van der Waals surface area contributed by atoms with Crippen molar-refractivity contribution in [1.29, 1.82) is 0 Å². The summed E-state index contributed by atoms with van der Waals surface area (Å²) in [4.78, 5) is 5.30. The van der Waals surface area contributed by atoms with Crippen LogP contribution in [0.3, 0.4) is 0 Å². The van der Waals surface area contributed by atoms with E-state index in [1.807, 2.05) is 0 Å². The second-order valence-electron chi connectivity index (χ2n) is 6.90. The Balaban J connectivity index is 1.66. The zero-order chi connectivity index (χ0) is 14.2. The lowest BCUT2D eigenvalue weighted by atomic mass is 10.1. The van der Waals surface area contributed by atoms with Crippen LogP contribution < -0.4 is 5.32 Å². The van der Waals surface area contributed by atoms with Crippen LogP contribution in [-0.2, 0) is 0 Å². The molecule has 2 saturated heterocycles. The van der Waals surface area contributed by atoms with Crippen LogP contribution in [-0.4, -0.2) is 61.2 Å². The fraction of sp³-hybridized carbons (Fsp3) is 1.00. The van der Waals surface area contributed by atoms with Gasteiger partial charge in [0.05, 0.1) is 0 Å². The molecule has 20 heavy (non-hydrogen) atoms. The third kappa shape index (κ3) is 5.71. The minimum atomic E-state index is 0.649. The third-order valence-corrected chi connectivity index (χ3v) is 4.86. The number of hydrogen-bond donors (Lipinski definition) is 1. The molecule has 3 heteroatoms. The van der Waals surface area contributed by atoms with Crippen molar-refractivity contribution >= 4 is 0 Å². The first-order chi connectivity index (χ1) is 9.78. The van der Waals surface area contributed by atoms with Gasteiger partial charge in [0.1, 0.15) is 0 Å². The molecule has 0 aromatic carbocycles. The van der Waals surface area contributed by atoms with Gasteiger partial charge in [-0.05, 0) is 78.2 Å². The Morgan fingerprint density at radius 2 is 1.70 bits per heavy atom. The Kier molecular flexibility index (Phi) is 7.32. The second kappa shape index (κ2) is 9.01. The summed E-state index contributed by atoms with van der Waals surface area (Å²) in [5.41, 5.74) is 0. The molecule has 2 rings (SSSR count). The van der Waals surface area contributed by atoms with Crippen molar-refractivity contribution in [2.75, 3.05) is 39.3 Å². The molecule has 0 aliphatic carbocycles. The number of nitrogens with one attached hydrogen (secondary N) is 1. The number of nitrogens with zero attached hydrogens (tertiary/aromatic N) is 2. The zero-order valence-electron chi connectivity index (χ0n) is 13.7. The summed E-state index contributed by atoms with van der Waals surface area (Å²) in [7, 11) is 0. The molecular formula is C17H35N3. The third-order valence-electron chi connectivity index (χ3n) is 4.86. The van der Waals surface area contributed by atoms with Gasteiger partial charge in [0, 0.05) is 18.6 Å². The van der Waals surface area contributed by atoms with Gasteiger partial charge in [0.2, 0.25) is 0 Å². The first-order valence-corrected chi connectivity index (χ1v) is 8.98. The van der Waals surface area contributed by atoms with E-state index in [1.165, 1.54) is 84.2 Å². The summed E-state index contributed by atoms with van der Waals surface area (Å²) in [6, 6.07) is 1.40. The minimum absolute atomic E-state index is 0.649. The van der Waals surface area contributed by atoms with Gasteiger partial charge in [0.15, 0.2) is 0 Å². The van der Waals surface area contributed by atoms with E-state index in [0.717, 1.165) is 6.04 Å². The Labute approximate surface area is 126 Å². The normalized spacial score (nSPS) is 28.2. The zero-order valence-corrected chi connectivity index (χ0v) is 13.7. The van der Waals surface area contributed by atoms with Crippen LogP contribution in [0.4, 0.5) is 0 Å². The molecule has 3 nitrogen and oxygen atoms in total. The summed E-state index contributed by atoms with van der Waals surface area (Å²) >= 11 is 0. The fourth-order valence-electron chi connectivity index (χ4n) is 3.85. The van der Waals surface area contributed by atoms with E-state index in [2.05, 4.69) is 29.0 Å². The molecule has 2 unspecified atom stereocenters. The molecule has 2 aliphatic heterocycles. The van der Waals surface area contributed by atoms with Gasteiger partial charge in [-0.25, -0.2) is 0 Å². The van der Waals surface area contributed by atoms with Crippen LogP contribution in [0.25, 0.3) is 0 Å². The Morgan fingerprint density at radius 3 is 2.45 bits per heavy atom. The number of likely N-dealkylation sites (tertiary alicyclic amines) is 2. The van der Waals surface area contributed by atoms with Crippen LogP contribution in [0.2, 0.25) is 0 Å². The minimum Gasteiger partial charge on any atom is -0.310 e. The molecule has 2 aliphatic rings. The molecule has 0 aromatic heterocycles. The summed E-state index contributed by atoms with van der Waals surface area (Å²) in [6.07, 6.45) is 9.62. The lowest BCUT2D eigenvalue weighted by Gasteiger charge is -2.31. The molecule has 2 atom stereocenters. The van der Waals surface area contributed by atoms with E-state index < -0.39 is 0 Å². The predicted molar refractivity (Wildman–Crippen MR) is 87.3 cm³/mol. The van der Waals surface area contributed by atoms with E-state index in [9.17, 15) is 0 Å². The molecule has 0 bridgehead atoms. The maximum atomic E-state index is 3.90. The molecule has 118 valence electrons. The summed E-state index contributed by atoms with van der Waals surface area (Å²) < 4.78 is 0. The molecule has 0 saturated carbocycles. The molecule has 1 N–H and O–H groups in total. The van der Waals surface area contributed by atoms with Gasteiger partial charge >= 0.3 is 0 Å². The van der Waals surface area contributed by atoms with Crippen molar-refractivity contribution in [2.45, 2.75) is 70.9 Å². The number of hydrogen-bond acceptors (Lipinski definition) is 3. The van der Waals surface area contributed by atoms with Crippen LogP contribution in [0.1, 0.15) is 58.8 Å². The summed E-state index contributed by atoms with van der Waals surface area (Å²) in [5, 5.41) is 3.90. The highest BCUT2D eigenvalue weighted by Crippen LogP contribution is 2.13. The quantitative estimate of drug-likeness (QED) is 0.807. The molecule has 2 heterocycles. The molecule has 0 radical (unpaired) electrons. The highest BCUT2D eigenvalue weighted by molar-refractivity contribution is 4.79. The van der Waals surface area contributed by atoms with E-state index >= 15 is 0 Å². The highest BCUT2D eigenvalue weighted by Gasteiger charge is 2.19. The van der Waals surface area contributed by atoms with Gasteiger partial charge < -0.3 is 15.1 Å². The predicted octanol–water partition coefficient (Wildman–Crippen LogP) is 2.71. The topological polar surface area (TPSA) is 18.5 Å². The lowest BCUT2D eigenvalue weighted by Crippen LogP contribution is -2.45. The Morgan fingerprint density at radius 1 is 0.950 bits per heavy atom. The Hall–Kier alpha value is -0.120. The van der Waals surface area contributed by atoms with Crippen LogP contribution >= 0.6 is 0 Å². The van der Waals surface area contributed by atoms with Crippen LogP contribution in [0.5, 0.6) is 0 Å². The number of piperidine rings is 1. The first-order valence-electron chi connectivity index (χ1n) is 8.98. The fourth-order valence-corrected chi connectivity index (χ4v) is 3.85. The number of rotatable bonds is 6. The molecule has 0 amide bonds. The monoisotopic (exact) mass is 281 g/mol. The van der Waals surface area contributed by atoms with Crippen molar-refractivity contribution in [3.63, 3.8) is 0 Å².